The zero-order valence-electron chi connectivity index (χ0n) is 17.7. The Morgan fingerprint density at radius 1 is 1.00 bits per heavy atom. The van der Waals surface area contributed by atoms with Gasteiger partial charge >= 0.3 is 0 Å². The first kappa shape index (κ1) is 19.3. The van der Waals surface area contributed by atoms with E-state index in [2.05, 4.69) is 21.7 Å². The van der Waals surface area contributed by atoms with E-state index in [1.165, 1.54) is 45.3 Å². The van der Waals surface area contributed by atoms with Crippen LogP contribution in [0.15, 0.2) is 22.6 Å². The number of ether oxygens (including phenoxy) is 1. The largest absolute Gasteiger partial charge is 0.490 e. The maximum atomic E-state index is 6.30. The highest BCUT2D eigenvalue weighted by molar-refractivity contribution is 5.74. The highest BCUT2D eigenvalue weighted by Gasteiger charge is 2.29. The number of fused-ring (bicyclic) bond motifs is 1. The summed E-state index contributed by atoms with van der Waals surface area (Å²) in [6.45, 7) is 7.60. The van der Waals surface area contributed by atoms with Gasteiger partial charge in [-0.25, -0.2) is 4.98 Å². The number of likely N-dealkylation sites (N-methyl/N-ethyl adjacent to an activating group) is 1. The monoisotopic (exact) mass is 398 g/mol. The zero-order valence-corrected chi connectivity index (χ0v) is 17.7. The predicted octanol–water partition coefficient (Wildman–Crippen LogP) is 3.36. The molecule has 5 rings (SSSR count). The van der Waals surface area contributed by atoms with Gasteiger partial charge in [-0.15, -0.1) is 0 Å². The van der Waals surface area contributed by atoms with Crippen molar-refractivity contribution in [3.63, 3.8) is 0 Å². The van der Waals surface area contributed by atoms with Crippen molar-refractivity contribution in [3.05, 3.63) is 24.1 Å². The number of nitrogens with zero attached hydrogens (tertiary/aromatic N) is 4. The van der Waals surface area contributed by atoms with Crippen molar-refractivity contribution in [3.8, 4) is 5.75 Å². The third-order valence-electron chi connectivity index (χ3n) is 6.95. The normalized spacial score (nSPS) is 23.9. The van der Waals surface area contributed by atoms with Gasteiger partial charge in [0.1, 0.15) is 17.4 Å². The molecule has 1 saturated carbocycles. The minimum atomic E-state index is 0.320. The molecule has 3 heterocycles. The summed E-state index contributed by atoms with van der Waals surface area (Å²) in [6.07, 6.45) is 7.97. The fourth-order valence-corrected chi connectivity index (χ4v) is 4.85. The van der Waals surface area contributed by atoms with E-state index in [0.29, 0.717) is 6.10 Å². The third kappa shape index (κ3) is 4.60. The smallest absolute Gasteiger partial charge is 0.209 e. The molecule has 0 N–H and O–H groups in total. The fourth-order valence-electron chi connectivity index (χ4n) is 4.85. The van der Waals surface area contributed by atoms with Crippen molar-refractivity contribution in [1.82, 2.24) is 19.7 Å². The second-order valence-electron chi connectivity index (χ2n) is 9.11. The molecule has 29 heavy (non-hydrogen) atoms. The molecule has 3 aliphatic rings. The van der Waals surface area contributed by atoms with Crippen molar-refractivity contribution >= 4 is 11.1 Å². The van der Waals surface area contributed by atoms with E-state index in [1.54, 1.807) is 0 Å². The molecule has 158 valence electrons. The average Bonchev–Trinajstić information content (AvgIpc) is 2.96. The van der Waals surface area contributed by atoms with Crippen molar-refractivity contribution in [2.24, 2.45) is 0 Å². The second kappa shape index (κ2) is 8.62. The predicted molar refractivity (Wildman–Crippen MR) is 114 cm³/mol. The summed E-state index contributed by atoms with van der Waals surface area (Å²) in [5.74, 6) is 1.73. The van der Waals surface area contributed by atoms with Gasteiger partial charge in [0.05, 0.1) is 6.54 Å². The molecule has 2 aliphatic heterocycles. The molecule has 1 aliphatic carbocycles. The molecule has 0 atom stereocenters. The van der Waals surface area contributed by atoms with Gasteiger partial charge in [0.15, 0.2) is 5.58 Å². The standard InChI is InChI=1S/C23H34N4O2/c1-25-10-3-11-26(15-14-25)17-23-24-21-7-6-20(16-22(21)29-23)28-19-8-12-27(13-9-19)18-4-2-5-18/h6-7,16,18-19H,2-5,8-15,17H2,1H3. The molecule has 0 amide bonds. The topological polar surface area (TPSA) is 45.0 Å². The van der Waals surface area contributed by atoms with E-state index in [0.717, 1.165) is 67.8 Å². The van der Waals surface area contributed by atoms with Gasteiger partial charge in [0.2, 0.25) is 5.89 Å². The van der Waals surface area contributed by atoms with Gasteiger partial charge in [-0.2, -0.15) is 0 Å². The number of piperidine rings is 1. The molecule has 6 nitrogen and oxygen atoms in total. The Hall–Kier alpha value is -1.63. The number of aromatic nitrogens is 1. The number of likely N-dealkylation sites (tertiary alicyclic amines) is 1. The molecule has 1 aromatic carbocycles. The van der Waals surface area contributed by atoms with Crippen LogP contribution in [-0.4, -0.2) is 78.1 Å². The number of benzene rings is 1. The molecule has 0 bridgehead atoms. The lowest BCUT2D eigenvalue weighted by Gasteiger charge is -2.41. The summed E-state index contributed by atoms with van der Waals surface area (Å²) < 4.78 is 12.4. The Morgan fingerprint density at radius 2 is 1.86 bits per heavy atom. The first-order chi connectivity index (χ1) is 14.2. The van der Waals surface area contributed by atoms with E-state index < -0.39 is 0 Å². The quantitative estimate of drug-likeness (QED) is 0.770. The number of hydrogen-bond donors (Lipinski definition) is 0. The van der Waals surface area contributed by atoms with E-state index in [9.17, 15) is 0 Å². The second-order valence-corrected chi connectivity index (χ2v) is 9.11. The molecule has 2 aromatic rings. The van der Waals surface area contributed by atoms with Crippen LogP contribution in [0.25, 0.3) is 11.1 Å². The summed E-state index contributed by atoms with van der Waals surface area (Å²) in [5, 5.41) is 0. The van der Waals surface area contributed by atoms with Crippen molar-refractivity contribution in [2.75, 3.05) is 46.3 Å². The van der Waals surface area contributed by atoms with E-state index >= 15 is 0 Å². The SMILES string of the molecule is CN1CCCN(Cc2nc3ccc(OC4CCN(C5CCC5)CC4)cc3o2)CC1. The third-order valence-corrected chi connectivity index (χ3v) is 6.95. The van der Waals surface area contributed by atoms with Crippen LogP contribution < -0.4 is 4.74 Å². The van der Waals surface area contributed by atoms with Crippen LogP contribution in [0.3, 0.4) is 0 Å². The maximum Gasteiger partial charge on any atom is 0.209 e. The first-order valence-corrected chi connectivity index (χ1v) is 11.4. The van der Waals surface area contributed by atoms with Gasteiger partial charge in [0.25, 0.3) is 0 Å². The Balaban J connectivity index is 1.18. The highest BCUT2D eigenvalue weighted by atomic mass is 16.5. The zero-order chi connectivity index (χ0) is 19.6. The molecular weight excluding hydrogens is 364 g/mol. The molecule has 0 radical (unpaired) electrons. The van der Waals surface area contributed by atoms with Gasteiger partial charge in [-0.3, -0.25) is 4.90 Å². The molecule has 0 unspecified atom stereocenters. The Bertz CT molecular complexity index is 810. The lowest BCUT2D eigenvalue weighted by atomic mass is 9.90. The van der Waals surface area contributed by atoms with Gasteiger partial charge in [0, 0.05) is 38.3 Å². The Morgan fingerprint density at radius 3 is 2.66 bits per heavy atom. The van der Waals surface area contributed by atoms with Crippen LogP contribution in [0.2, 0.25) is 0 Å². The number of hydrogen-bond acceptors (Lipinski definition) is 6. The summed E-state index contributed by atoms with van der Waals surface area (Å²) >= 11 is 0. The fraction of sp³-hybridized carbons (Fsp3) is 0.696. The van der Waals surface area contributed by atoms with Gasteiger partial charge < -0.3 is 19.0 Å². The van der Waals surface area contributed by atoms with Crippen LogP contribution in [0.4, 0.5) is 0 Å². The van der Waals surface area contributed by atoms with Crippen LogP contribution in [0.1, 0.15) is 44.4 Å². The lowest BCUT2D eigenvalue weighted by Crippen LogP contribution is -2.46. The molecule has 3 fully saturated rings. The lowest BCUT2D eigenvalue weighted by molar-refractivity contribution is 0.0494. The summed E-state index contributed by atoms with van der Waals surface area (Å²) in [6, 6.07) is 6.97. The molecular formula is C23H34N4O2. The molecule has 2 saturated heterocycles. The highest BCUT2D eigenvalue weighted by Crippen LogP contribution is 2.29. The summed E-state index contributed by atoms with van der Waals surface area (Å²) in [5.41, 5.74) is 1.77. The average molecular weight is 399 g/mol. The van der Waals surface area contributed by atoms with Crippen LogP contribution in [0.5, 0.6) is 5.75 Å². The summed E-state index contributed by atoms with van der Waals surface area (Å²) in [7, 11) is 2.20. The minimum absolute atomic E-state index is 0.320. The first-order valence-electron chi connectivity index (χ1n) is 11.4. The van der Waals surface area contributed by atoms with Gasteiger partial charge in [-0.05, 0) is 64.4 Å². The van der Waals surface area contributed by atoms with Crippen LogP contribution in [0, 0.1) is 0 Å². The summed E-state index contributed by atoms with van der Waals surface area (Å²) in [4.78, 5) is 12.2. The Kier molecular flexibility index (Phi) is 5.75. The van der Waals surface area contributed by atoms with E-state index in [4.69, 9.17) is 14.1 Å². The van der Waals surface area contributed by atoms with Gasteiger partial charge in [-0.1, -0.05) is 6.42 Å². The van der Waals surface area contributed by atoms with Crippen molar-refractivity contribution in [2.45, 2.75) is 57.2 Å². The minimum Gasteiger partial charge on any atom is -0.490 e. The maximum absolute atomic E-state index is 6.30. The van der Waals surface area contributed by atoms with Crippen LogP contribution in [-0.2, 0) is 6.54 Å². The Labute approximate surface area is 173 Å². The van der Waals surface area contributed by atoms with E-state index in [-0.39, 0.29) is 0 Å². The van der Waals surface area contributed by atoms with Crippen molar-refractivity contribution in [1.29, 1.82) is 0 Å². The molecule has 0 spiro atoms. The van der Waals surface area contributed by atoms with Crippen LogP contribution >= 0.6 is 0 Å². The molecule has 6 heteroatoms. The van der Waals surface area contributed by atoms with E-state index in [1.807, 2.05) is 18.2 Å². The number of rotatable bonds is 5. The number of oxazole rings is 1. The molecule has 1 aromatic heterocycles. The van der Waals surface area contributed by atoms with Crippen molar-refractivity contribution < 1.29 is 9.15 Å².